The molecular weight excluding hydrogens is 326 g/mol. The van der Waals surface area contributed by atoms with E-state index < -0.39 is 0 Å². The van der Waals surface area contributed by atoms with Crippen LogP contribution in [0.25, 0.3) is 10.6 Å². The first-order valence-electron chi connectivity index (χ1n) is 8.37. The fourth-order valence-corrected chi connectivity index (χ4v) is 4.41. The first-order chi connectivity index (χ1) is 11.8. The van der Waals surface area contributed by atoms with Gasteiger partial charge in [-0.15, -0.1) is 11.3 Å². The predicted octanol–water partition coefficient (Wildman–Crippen LogP) is 2.39. The second kappa shape index (κ2) is 6.66. The van der Waals surface area contributed by atoms with E-state index in [9.17, 15) is 4.79 Å². The number of hydrogen-bond donors (Lipinski definition) is 1. The van der Waals surface area contributed by atoms with Crippen molar-refractivity contribution < 1.29 is 13.9 Å². The van der Waals surface area contributed by atoms with Gasteiger partial charge in [0.2, 0.25) is 0 Å². The molecule has 4 rings (SSSR count). The van der Waals surface area contributed by atoms with Crippen molar-refractivity contribution in [3.63, 3.8) is 0 Å². The van der Waals surface area contributed by atoms with Gasteiger partial charge in [-0.05, 0) is 31.9 Å². The molecule has 2 saturated heterocycles. The van der Waals surface area contributed by atoms with E-state index in [-0.39, 0.29) is 11.4 Å². The molecule has 128 valence electrons. The van der Waals surface area contributed by atoms with Crippen molar-refractivity contribution in [2.24, 2.45) is 0 Å². The molecule has 1 N–H and O–H groups in total. The number of nitrogens with one attached hydrogen (secondary N) is 1. The summed E-state index contributed by atoms with van der Waals surface area (Å²) in [5, 5.41) is 6.10. The highest BCUT2D eigenvalue weighted by molar-refractivity contribution is 7.13. The summed E-state index contributed by atoms with van der Waals surface area (Å²) >= 11 is 1.48. The summed E-state index contributed by atoms with van der Waals surface area (Å²) in [5.74, 6) is 0.0339. The molecule has 0 aromatic carbocycles. The van der Waals surface area contributed by atoms with Crippen LogP contribution in [0.4, 0.5) is 0 Å². The average Bonchev–Trinajstić information content (AvgIpc) is 3.26. The standard InChI is InChI=1S/C17H21N3O3S/c21-16(14-12-24-15(19-14)13-1-8-23-11-13)20-7-6-18-5-2-17(20)3-9-22-10-4-17/h1,8,11-12,18H,2-7,9-10H2. The lowest BCUT2D eigenvalue weighted by Gasteiger charge is -2.45. The largest absolute Gasteiger partial charge is 0.472 e. The maximum atomic E-state index is 13.2. The quantitative estimate of drug-likeness (QED) is 0.903. The van der Waals surface area contributed by atoms with E-state index in [0.717, 1.165) is 62.7 Å². The van der Waals surface area contributed by atoms with Gasteiger partial charge in [0.25, 0.3) is 5.91 Å². The molecule has 0 bridgehead atoms. The Kier molecular flexibility index (Phi) is 4.39. The Morgan fingerprint density at radius 1 is 1.29 bits per heavy atom. The third-order valence-electron chi connectivity index (χ3n) is 5.01. The van der Waals surface area contributed by atoms with Gasteiger partial charge in [-0.1, -0.05) is 0 Å². The summed E-state index contributed by atoms with van der Waals surface area (Å²) in [4.78, 5) is 19.8. The topological polar surface area (TPSA) is 67.6 Å². The highest BCUT2D eigenvalue weighted by Gasteiger charge is 2.42. The summed E-state index contributed by atoms with van der Waals surface area (Å²) in [6, 6.07) is 1.86. The first kappa shape index (κ1) is 15.8. The van der Waals surface area contributed by atoms with E-state index >= 15 is 0 Å². The third kappa shape index (κ3) is 2.87. The van der Waals surface area contributed by atoms with Gasteiger partial charge < -0.3 is 19.4 Å². The maximum absolute atomic E-state index is 13.2. The number of carbonyl (C=O) groups is 1. The summed E-state index contributed by atoms with van der Waals surface area (Å²) < 4.78 is 10.7. The SMILES string of the molecule is O=C(c1csc(-c2ccoc2)n1)N1CCNCCC12CCOCC2. The van der Waals surface area contributed by atoms with Gasteiger partial charge in [-0.25, -0.2) is 4.98 Å². The minimum atomic E-state index is -0.0990. The molecule has 24 heavy (non-hydrogen) atoms. The Morgan fingerprint density at radius 3 is 2.96 bits per heavy atom. The maximum Gasteiger partial charge on any atom is 0.273 e. The molecule has 6 nitrogen and oxygen atoms in total. The number of aromatic nitrogens is 1. The number of furan rings is 1. The van der Waals surface area contributed by atoms with Gasteiger partial charge >= 0.3 is 0 Å². The van der Waals surface area contributed by atoms with Crippen LogP contribution in [0.5, 0.6) is 0 Å². The Bertz CT molecular complexity index is 692. The summed E-state index contributed by atoms with van der Waals surface area (Å²) in [5.41, 5.74) is 1.35. The van der Waals surface area contributed by atoms with E-state index in [1.54, 1.807) is 12.5 Å². The summed E-state index contributed by atoms with van der Waals surface area (Å²) in [7, 11) is 0. The lowest BCUT2D eigenvalue weighted by molar-refractivity contribution is -0.0185. The minimum absolute atomic E-state index is 0.0339. The number of nitrogens with zero attached hydrogens (tertiary/aromatic N) is 2. The molecule has 1 amide bonds. The van der Waals surface area contributed by atoms with Gasteiger partial charge in [-0.2, -0.15) is 0 Å². The van der Waals surface area contributed by atoms with Crippen LogP contribution in [-0.4, -0.2) is 54.2 Å². The van der Waals surface area contributed by atoms with Crippen LogP contribution in [0.1, 0.15) is 29.8 Å². The number of rotatable bonds is 2. The molecule has 2 aromatic heterocycles. The van der Waals surface area contributed by atoms with Crippen molar-refractivity contribution in [2.45, 2.75) is 24.8 Å². The van der Waals surface area contributed by atoms with Crippen molar-refractivity contribution in [2.75, 3.05) is 32.8 Å². The Balaban J connectivity index is 1.61. The Labute approximate surface area is 144 Å². The highest BCUT2D eigenvalue weighted by atomic mass is 32.1. The first-order valence-corrected chi connectivity index (χ1v) is 9.25. The molecular formula is C17H21N3O3S. The van der Waals surface area contributed by atoms with Crippen molar-refractivity contribution in [3.05, 3.63) is 29.7 Å². The lowest BCUT2D eigenvalue weighted by atomic mass is 9.84. The molecule has 0 saturated carbocycles. The molecule has 2 fully saturated rings. The second-order valence-corrected chi connectivity index (χ2v) is 7.20. The number of carbonyl (C=O) groups excluding carboxylic acids is 1. The van der Waals surface area contributed by atoms with Crippen LogP contribution in [-0.2, 0) is 4.74 Å². The molecule has 0 unspecified atom stereocenters. The van der Waals surface area contributed by atoms with Crippen molar-refractivity contribution in [1.82, 2.24) is 15.2 Å². The zero-order valence-corrected chi connectivity index (χ0v) is 14.3. The Morgan fingerprint density at radius 2 is 2.17 bits per heavy atom. The molecule has 2 aliphatic heterocycles. The van der Waals surface area contributed by atoms with Gasteiger partial charge in [0, 0.05) is 42.8 Å². The molecule has 2 aliphatic rings. The highest BCUT2D eigenvalue weighted by Crippen LogP contribution is 2.34. The van der Waals surface area contributed by atoms with Crippen LogP contribution >= 0.6 is 11.3 Å². The molecule has 2 aromatic rings. The third-order valence-corrected chi connectivity index (χ3v) is 5.90. The molecule has 0 radical (unpaired) electrons. The van der Waals surface area contributed by atoms with Crippen LogP contribution in [0.2, 0.25) is 0 Å². The fraction of sp³-hybridized carbons (Fsp3) is 0.529. The minimum Gasteiger partial charge on any atom is -0.472 e. The number of thiazole rings is 1. The number of hydrogen-bond acceptors (Lipinski definition) is 6. The molecule has 0 atom stereocenters. The van der Waals surface area contributed by atoms with Crippen molar-refractivity contribution >= 4 is 17.2 Å². The Hall–Kier alpha value is -1.70. The van der Waals surface area contributed by atoms with Crippen molar-refractivity contribution in [3.8, 4) is 10.6 Å². The number of ether oxygens (including phenoxy) is 1. The van der Waals surface area contributed by atoms with Crippen LogP contribution in [0.15, 0.2) is 28.4 Å². The van der Waals surface area contributed by atoms with Crippen LogP contribution in [0, 0.1) is 0 Å². The zero-order chi connectivity index (χ0) is 16.4. The molecule has 1 spiro atoms. The number of amides is 1. The van der Waals surface area contributed by atoms with Gasteiger partial charge in [0.1, 0.15) is 17.0 Å². The molecule has 7 heteroatoms. The average molecular weight is 347 g/mol. The summed E-state index contributed by atoms with van der Waals surface area (Å²) in [6.07, 6.45) is 6.05. The van der Waals surface area contributed by atoms with E-state index in [0.29, 0.717) is 5.69 Å². The van der Waals surface area contributed by atoms with Crippen LogP contribution < -0.4 is 5.32 Å². The molecule has 0 aliphatic carbocycles. The fourth-order valence-electron chi connectivity index (χ4n) is 3.63. The van der Waals surface area contributed by atoms with Crippen molar-refractivity contribution in [1.29, 1.82) is 0 Å². The van der Waals surface area contributed by atoms with Gasteiger partial charge in [0.15, 0.2) is 0 Å². The zero-order valence-electron chi connectivity index (χ0n) is 13.5. The van der Waals surface area contributed by atoms with Gasteiger partial charge in [0.05, 0.1) is 6.26 Å². The van der Waals surface area contributed by atoms with E-state index in [4.69, 9.17) is 9.15 Å². The van der Waals surface area contributed by atoms with E-state index in [1.807, 2.05) is 16.3 Å². The smallest absolute Gasteiger partial charge is 0.273 e. The monoisotopic (exact) mass is 347 g/mol. The van der Waals surface area contributed by atoms with Crippen LogP contribution in [0.3, 0.4) is 0 Å². The second-order valence-electron chi connectivity index (χ2n) is 6.34. The van der Waals surface area contributed by atoms with Gasteiger partial charge in [-0.3, -0.25) is 4.79 Å². The molecule has 4 heterocycles. The lowest BCUT2D eigenvalue weighted by Crippen LogP contribution is -2.55. The van der Waals surface area contributed by atoms with E-state index in [2.05, 4.69) is 10.3 Å². The van der Waals surface area contributed by atoms with E-state index in [1.165, 1.54) is 11.3 Å². The normalized spacial score (nSPS) is 20.9. The summed E-state index contributed by atoms with van der Waals surface area (Å²) in [6.45, 7) is 3.94. The predicted molar refractivity (Wildman–Crippen MR) is 91.1 cm³/mol.